The molecule has 8 N–H and O–H groups in total. The molecule has 0 radical (unpaired) electrons. The van der Waals surface area contributed by atoms with Crippen LogP contribution in [0.1, 0.15) is 0 Å². The maximum atomic E-state index is 11.9. The molecule has 0 bridgehead atoms. The molecule has 5 atom stereocenters. The molecule has 0 saturated carbocycles. The van der Waals surface area contributed by atoms with Crippen LogP contribution in [0, 0.1) is 12.3 Å². The van der Waals surface area contributed by atoms with Crippen LogP contribution in [0.25, 0.3) is 11.2 Å². The first kappa shape index (κ1) is 27.4. The number of hydrogen-bond donors (Lipinski definition) is 7. The molecule has 21 heteroatoms. The second-order valence-electron chi connectivity index (χ2n) is 6.02. The first-order valence-corrected chi connectivity index (χ1v) is 12.7. The Kier molecular flexibility index (Phi) is 8.17. The van der Waals surface area contributed by atoms with Crippen molar-refractivity contribution in [2.75, 3.05) is 19.5 Å². The van der Waals surface area contributed by atoms with E-state index in [0.717, 1.165) is 24.3 Å². The van der Waals surface area contributed by atoms with Crippen LogP contribution >= 0.6 is 23.5 Å². The number of rotatable bonds is 11. The third kappa shape index (κ3) is 6.63. The van der Waals surface area contributed by atoms with Gasteiger partial charge in [-0.2, -0.15) is 8.62 Å². The molecule has 2 heterocycles. The predicted octanol–water partition coefficient (Wildman–Crippen LogP) is -1.59. The SMILES string of the molecule is C#C[C@@](O)([C@H](O)[C@H](COP(=O)(O)OP(=O)(O)OP(=O)(O)O)OC)n1cnc2c(N)ncnc21. The van der Waals surface area contributed by atoms with Gasteiger partial charge in [-0.05, 0) is 5.92 Å². The molecule has 18 nitrogen and oxygen atoms in total. The molecule has 0 saturated heterocycles. The highest BCUT2D eigenvalue weighted by molar-refractivity contribution is 7.66. The van der Waals surface area contributed by atoms with Gasteiger partial charge in [0.2, 0.25) is 5.72 Å². The van der Waals surface area contributed by atoms with Crippen LogP contribution in [0.4, 0.5) is 5.82 Å². The first-order chi connectivity index (χ1) is 15.1. The highest BCUT2D eigenvalue weighted by Crippen LogP contribution is 2.66. The molecule has 2 aromatic rings. The molecule has 33 heavy (non-hydrogen) atoms. The van der Waals surface area contributed by atoms with E-state index >= 15 is 0 Å². The Labute approximate surface area is 184 Å². The van der Waals surface area contributed by atoms with Crippen molar-refractivity contribution in [3.05, 3.63) is 12.7 Å². The summed E-state index contributed by atoms with van der Waals surface area (Å²) in [5.74, 6) is 1.84. The lowest BCUT2D eigenvalue weighted by Crippen LogP contribution is -2.51. The standard InChI is InChI=1S/C12H18N5O13P3/c1-3-12(19,17-6-16-8-10(13)14-5-15-11(8)17)9(18)7(27-2)4-28-32(23,24)30-33(25,26)29-31(20,21)22/h1,5-7,9,18-19H,4H2,2H3,(H,23,24)(H,25,26)(H2,13,14,15)(H2,20,21,22)/t7-,9+,12+/m0/s1. The Bertz CT molecular complexity index is 1190. The van der Waals surface area contributed by atoms with Gasteiger partial charge < -0.3 is 40.3 Å². The van der Waals surface area contributed by atoms with E-state index in [9.17, 15) is 28.8 Å². The van der Waals surface area contributed by atoms with E-state index in [4.69, 9.17) is 31.6 Å². The third-order valence-corrected chi connectivity index (χ3v) is 7.63. The maximum absolute atomic E-state index is 11.9. The Morgan fingerprint density at radius 3 is 2.36 bits per heavy atom. The van der Waals surface area contributed by atoms with Crippen molar-refractivity contribution < 1.29 is 61.4 Å². The number of phosphoric acid groups is 3. The lowest BCUT2D eigenvalue weighted by atomic mass is 10.0. The summed E-state index contributed by atoms with van der Waals surface area (Å²) in [6.07, 6.45) is 3.57. The Morgan fingerprint density at radius 2 is 1.82 bits per heavy atom. The fraction of sp³-hybridized carbons (Fsp3) is 0.417. The predicted molar refractivity (Wildman–Crippen MR) is 105 cm³/mol. The zero-order valence-electron chi connectivity index (χ0n) is 16.3. The van der Waals surface area contributed by atoms with Gasteiger partial charge in [0.1, 0.15) is 30.4 Å². The largest absolute Gasteiger partial charge is 0.490 e. The molecule has 2 rings (SSSR count). The molecule has 0 aromatic carbocycles. The number of nitrogens with zero attached hydrogens (tertiary/aromatic N) is 4. The van der Waals surface area contributed by atoms with Gasteiger partial charge in [0.15, 0.2) is 11.5 Å². The molecule has 184 valence electrons. The van der Waals surface area contributed by atoms with Crippen LogP contribution in [0.3, 0.4) is 0 Å². The monoisotopic (exact) mass is 533 g/mol. The van der Waals surface area contributed by atoms with Crippen molar-refractivity contribution in [1.29, 1.82) is 0 Å². The number of methoxy groups -OCH3 is 1. The number of phosphoric ester groups is 1. The van der Waals surface area contributed by atoms with E-state index < -0.39 is 48.0 Å². The van der Waals surface area contributed by atoms with Crippen LogP contribution < -0.4 is 5.73 Å². The topological polar surface area (TPSA) is 279 Å². The smallest absolute Gasteiger partial charge is 0.384 e. The fourth-order valence-electron chi connectivity index (χ4n) is 2.42. The Hall–Kier alpha value is -1.80. The number of nitrogens with two attached hydrogens (primary N) is 1. The molecule has 0 amide bonds. The normalized spacial score (nSPS) is 19.7. The minimum Gasteiger partial charge on any atom is -0.384 e. The third-order valence-electron chi connectivity index (χ3n) is 3.83. The van der Waals surface area contributed by atoms with E-state index in [0.29, 0.717) is 0 Å². The second kappa shape index (κ2) is 9.82. The van der Waals surface area contributed by atoms with E-state index in [-0.39, 0.29) is 17.0 Å². The number of hydrogen-bond acceptors (Lipinski definition) is 13. The van der Waals surface area contributed by atoms with Gasteiger partial charge in [0.05, 0.1) is 6.61 Å². The first-order valence-electron chi connectivity index (χ1n) is 8.18. The summed E-state index contributed by atoms with van der Waals surface area (Å²) in [5.41, 5.74) is 2.95. The van der Waals surface area contributed by atoms with Gasteiger partial charge in [0.25, 0.3) is 0 Å². The minimum absolute atomic E-state index is 0.0283. The lowest BCUT2D eigenvalue weighted by Gasteiger charge is -2.33. The fourth-order valence-corrected chi connectivity index (χ4v) is 5.45. The summed E-state index contributed by atoms with van der Waals surface area (Å²) < 4.78 is 51.2. The number of aliphatic hydroxyl groups is 2. The molecule has 2 unspecified atom stereocenters. The molecule has 0 fully saturated rings. The number of nitrogen functional groups attached to an aromatic ring is 1. The van der Waals surface area contributed by atoms with Gasteiger partial charge in [-0.1, -0.05) is 0 Å². The van der Waals surface area contributed by atoms with Crippen LogP contribution in [0.15, 0.2) is 12.7 Å². The van der Waals surface area contributed by atoms with E-state index in [2.05, 4.69) is 28.1 Å². The molecule has 0 aliphatic carbocycles. The van der Waals surface area contributed by atoms with Crippen LogP contribution in [-0.4, -0.2) is 75.2 Å². The average molecular weight is 533 g/mol. The van der Waals surface area contributed by atoms with Crippen molar-refractivity contribution >= 4 is 40.4 Å². The van der Waals surface area contributed by atoms with Gasteiger partial charge in [-0.15, -0.1) is 6.42 Å². The van der Waals surface area contributed by atoms with Crippen LogP contribution in [0.2, 0.25) is 0 Å². The van der Waals surface area contributed by atoms with E-state index in [1.54, 1.807) is 0 Å². The zero-order valence-corrected chi connectivity index (χ0v) is 19.0. The van der Waals surface area contributed by atoms with Gasteiger partial charge in [-0.3, -0.25) is 9.09 Å². The molecular weight excluding hydrogens is 515 g/mol. The van der Waals surface area contributed by atoms with Crippen molar-refractivity contribution in [2.24, 2.45) is 0 Å². The summed E-state index contributed by atoms with van der Waals surface area (Å²) in [6, 6.07) is 0. The summed E-state index contributed by atoms with van der Waals surface area (Å²) in [7, 11) is -15.9. The lowest BCUT2D eigenvalue weighted by molar-refractivity contribution is -0.152. The Morgan fingerprint density at radius 1 is 1.18 bits per heavy atom. The quantitative estimate of drug-likeness (QED) is 0.126. The highest BCUT2D eigenvalue weighted by atomic mass is 31.3. The minimum atomic E-state index is -5.76. The van der Waals surface area contributed by atoms with Gasteiger partial charge in [-0.25, -0.2) is 28.6 Å². The molecule has 2 aromatic heterocycles. The number of fused-ring (bicyclic) bond motifs is 1. The van der Waals surface area contributed by atoms with E-state index in [1.807, 2.05) is 5.92 Å². The summed E-state index contributed by atoms with van der Waals surface area (Å²) >= 11 is 0. The summed E-state index contributed by atoms with van der Waals surface area (Å²) in [5, 5.41) is 21.6. The number of aromatic nitrogens is 4. The maximum Gasteiger partial charge on any atom is 0.490 e. The highest BCUT2D eigenvalue weighted by Gasteiger charge is 2.45. The second-order valence-corrected chi connectivity index (χ2v) is 10.4. The van der Waals surface area contributed by atoms with E-state index in [1.165, 1.54) is 0 Å². The number of terminal acetylenes is 1. The van der Waals surface area contributed by atoms with Gasteiger partial charge >= 0.3 is 23.5 Å². The molecule has 0 aliphatic rings. The number of ether oxygens (including phenoxy) is 1. The van der Waals surface area contributed by atoms with Crippen molar-refractivity contribution in [1.82, 2.24) is 19.5 Å². The Balaban J connectivity index is 2.24. The number of anilines is 1. The van der Waals surface area contributed by atoms with Crippen molar-refractivity contribution in [2.45, 2.75) is 17.9 Å². The van der Waals surface area contributed by atoms with Crippen molar-refractivity contribution in [3.8, 4) is 12.3 Å². The number of aliphatic hydroxyl groups excluding tert-OH is 1. The zero-order chi connectivity index (χ0) is 25.2. The van der Waals surface area contributed by atoms with Crippen molar-refractivity contribution in [3.63, 3.8) is 0 Å². The number of imidazole rings is 1. The average Bonchev–Trinajstić information content (AvgIpc) is 3.10. The van der Waals surface area contributed by atoms with Crippen LogP contribution in [-0.2, 0) is 37.3 Å². The van der Waals surface area contributed by atoms with Gasteiger partial charge in [0, 0.05) is 7.11 Å². The molecule has 0 aliphatic heterocycles. The van der Waals surface area contributed by atoms with Crippen LogP contribution in [0.5, 0.6) is 0 Å². The molecular formula is C12H18N5O13P3. The summed E-state index contributed by atoms with van der Waals surface area (Å²) in [6.45, 7) is -1.10. The molecule has 0 spiro atoms. The summed E-state index contributed by atoms with van der Waals surface area (Å²) in [4.78, 5) is 47.2.